The Morgan fingerprint density at radius 1 is 1.00 bits per heavy atom. The highest BCUT2D eigenvalue weighted by molar-refractivity contribution is 6.21. The van der Waals surface area contributed by atoms with Crippen molar-refractivity contribution in [2.24, 2.45) is 0 Å². The molecule has 0 amide bonds. The van der Waals surface area contributed by atoms with Crippen LogP contribution < -0.4 is 0 Å². The predicted octanol–water partition coefficient (Wildman–Crippen LogP) is 3.64. The average Bonchev–Trinajstić information content (AvgIpc) is 2.27. The van der Waals surface area contributed by atoms with E-state index in [0.717, 1.165) is 0 Å². The summed E-state index contributed by atoms with van der Waals surface area (Å²) < 4.78 is 0. The molecule has 0 aromatic heterocycles. The highest BCUT2D eigenvalue weighted by atomic mass is 35.5. The van der Waals surface area contributed by atoms with Gasteiger partial charge in [-0.3, -0.25) is 4.90 Å². The molecular weight excluding hydrogens is 206 g/mol. The maximum atomic E-state index is 6.35. The van der Waals surface area contributed by atoms with Gasteiger partial charge in [0.25, 0.3) is 0 Å². The van der Waals surface area contributed by atoms with E-state index in [-0.39, 0.29) is 5.50 Å². The second kappa shape index (κ2) is 4.21. The molecule has 0 radical (unpaired) electrons. The van der Waals surface area contributed by atoms with Crippen LogP contribution in [0.25, 0.3) is 10.8 Å². The standard InChI is InChI=1S/C13H14ClN/c1-15(2)13(14)12-9-5-7-10-6-3-4-8-11(10)12/h3-9,13H,1-2H3. The second-order valence-electron chi connectivity index (χ2n) is 3.87. The summed E-state index contributed by atoms with van der Waals surface area (Å²) in [4.78, 5) is 2.00. The SMILES string of the molecule is CN(C)C(Cl)c1cccc2ccccc12. The highest BCUT2D eigenvalue weighted by Gasteiger charge is 2.12. The molecule has 1 unspecified atom stereocenters. The molecule has 2 aromatic carbocycles. The van der Waals surface area contributed by atoms with Crippen LogP contribution in [-0.2, 0) is 0 Å². The molecule has 0 spiro atoms. The van der Waals surface area contributed by atoms with Crippen LogP contribution in [0, 0.1) is 0 Å². The van der Waals surface area contributed by atoms with Gasteiger partial charge in [0.05, 0.1) is 0 Å². The van der Waals surface area contributed by atoms with Crippen molar-refractivity contribution >= 4 is 22.4 Å². The first kappa shape index (κ1) is 10.5. The molecule has 0 heterocycles. The zero-order valence-electron chi connectivity index (χ0n) is 8.94. The number of rotatable bonds is 2. The van der Waals surface area contributed by atoms with E-state index in [1.807, 2.05) is 31.1 Å². The third-order valence-corrected chi connectivity index (χ3v) is 3.16. The summed E-state index contributed by atoms with van der Waals surface area (Å²) in [7, 11) is 3.97. The van der Waals surface area contributed by atoms with Crippen LogP contribution in [0.5, 0.6) is 0 Å². The Morgan fingerprint density at radius 2 is 1.67 bits per heavy atom. The molecule has 0 aliphatic carbocycles. The molecule has 0 N–H and O–H groups in total. The molecule has 1 atom stereocenters. The summed E-state index contributed by atoms with van der Waals surface area (Å²) in [6.07, 6.45) is 0. The monoisotopic (exact) mass is 219 g/mol. The van der Waals surface area contributed by atoms with Gasteiger partial charge in [-0.2, -0.15) is 0 Å². The van der Waals surface area contributed by atoms with Crippen molar-refractivity contribution in [3.8, 4) is 0 Å². The number of hydrogen-bond donors (Lipinski definition) is 0. The van der Waals surface area contributed by atoms with Gasteiger partial charge in [0.2, 0.25) is 0 Å². The predicted molar refractivity (Wildman–Crippen MR) is 66.2 cm³/mol. The molecule has 78 valence electrons. The fraction of sp³-hybridized carbons (Fsp3) is 0.231. The number of alkyl halides is 1. The first-order valence-electron chi connectivity index (χ1n) is 4.98. The largest absolute Gasteiger partial charge is 0.290 e. The minimum Gasteiger partial charge on any atom is -0.290 e. The number of hydrogen-bond acceptors (Lipinski definition) is 1. The van der Waals surface area contributed by atoms with E-state index in [2.05, 4.69) is 30.3 Å². The fourth-order valence-corrected chi connectivity index (χ4v) is 1.93. The summed E-state index contributed by atoms with van der Waals surface area (Å²) in [6.45, 7) is 0. The van der Waals surface area contributed by atoms with Gasteiger partial charge >= 0.3 is 0 Å². The smallest absolute Gasteiger partial charge is 0.111 e. The number of nitrogens with zero attached hydrogens (tertiary/aromatic N) is 1. The van der Waals surface area contributed by atoms with Crippen molar-refractivity contribution in [2.75, 3.05) is 14.1 Å². The van der Waals surface area contributed by atoms with Gasteiger partial charge < -0.3 is 0 Å². The Kier molecular flexibility index (Phi) is 2.94. The lowest BCUT2D eigenvalue weighted by molar-refractivity contribution is 0.386. The molecule has 0 fully saturated rings. The molecular formula is C13H14ClN. The zero-order chi connectivity index (χ0) is 10.8. The molecule has 1 nitrogen and oxygen atoms in total. The van der Waals surface area contributed by atoms with Gasteiger partial charge in [0, 0.05) is 0 Å². The highest BCUT2D eigenvalue weighted by Crippen LogP contribution is 2.29. The molecule has 2 rings (SSSR count). The van der Waals surface area contributed by atoms with Crippen molar-refractivity contribution in [3.63, 3.8) is 0 Å². The molecule has 0 saturated heterocycles. The molecule has 15 heavy (non-hydrogen) atoms. The third kappa shape index (κ3) is 1.99. The molecule has 2 aromatic rings. The van der Waals surface area contributed by atoms with Crippen LogP contribution in [0.15, 0.2) is 42.5 Å². The maximum Gasteiger partial charge on any atom is 0.111 e. The van der Waals surface area contributed by atoms with Gasteiger partial charge in [-0.25, -0.2) is 0 Å². The lowest BCUT2D eigenvalue weighted by Crippen LogP contribution is -2.14. The molecule has 0 bridgehead atoms. The van der Waals surface area contributed by atoms with Gasteiger partial charge in [-0.05, 0) is 30.4 Å². The number of halogens is 1. The minimum atomic E-state index is -0.0731. The first-order chi connectivity index (χ1) is 7.20. The van der Waals surface area contributed by atoms with Crippen LogP contribution in [0.2, 0.25) is 0 Å². The second-order valence-corrected chi connectivity index (χ2v) is 4.28. The summed E-state index contributed by atoms with van der Waals surface area (Å²) in [5.41, 5.74) is 1.09. The van der Waals surface area contributed by atoms with Crippen molar-refractivity contribution in [2.45, 2.75) is 5.50 Å². The Balaban J connectivity index is 2.60. The normalized spacial score (nSPS) is 13.3. The topological polar surface area (TPSA) is 3.24 Å². The van der Waals surface area contributed by atoms with E-state index in [1.165, 1.54) is 16.3 Å². The lowest BCUT2D eigenvalue weighted by Gasteiger charge is -2.19. The molecule has 2 heteroatoms. The fourth-order valence-electron chi connectivity index (χ4n) is 1.74. The van der Waals surface area contributed by atoms with E-state index in [0.29, 0.717) is 0 Å². The number of benzene rings is 2. The van der Waals surface area contributed by atoms with Crippen molar-refractivity contribution in [1.29, 1.82) is 0 Å². The maximum absolute atomic E-state index is 6.35. The van der Waals surface area contributed by atoms with Gasteiger partial charge in [0.15, 0.2) is 0 Å². The van der Waals surface area contributed by atoms with Crippen LogP contribution in [-0.4, -0.2) is 19.0 Å². The summed E-state index contributed by atoms with van der Waals surface area (Å²) in [5, 5.41) is 2.47. The van der Waals surface area contributed by atoms with Gasteiger partial charge in [-0.1, -0.05) is 42.5 Å². The Bertz CT molecular complexity index is 460. The zero-order valence-corrected chi connectivity index (χ0v) is 9.70. The lowest BCUT2D eigenvalue weighted by atomic mass is 10.0. The number of fused-ring (bicyclic) bond motifs is 1. The molecule has 0 aliphatic heterocycles. The summed E-state index contributed by atoms with van der Waals surface area (Å²) in [5.74, 6) is 0. The Hall–Kier alpha value is -1.05. The van der Waals surface area contributed by atoms with E-state index in [4.69, 9.17) is 11.6 Å². The van der Waals surface area contributed by atoms with Gasteiger partial charge in [0.1, 0.15) is 5.50 Å². The summed E-state index contributed by atoms with van der Waals surface area (Å²) in [6, 6.07) is 14.6. The van der Waals surface area contributed by atoms with Crippen LogP contribution in [0.1, 0.15) is 11.1 Å². The minimum absolute atomic E-state index is 0.0731. The average molecular weight is 220 g/mol. The Morgan fingerprint density at radius 3 is 2.40 bits per heavy atom. The summed E-state index contributed by atoms with van der Waals surface area (Å²) >= 11 is 6.35. The van der Waals surface area contributed by atoms with E-state index >= 15 is 0 Å². The van der Waals surface area contributed by atoms with E-state index in [9.17, 15) is 0 Å². The Labute approximate surface area is 95.3 Å². The van der Waals surface area contributed by atoms with Crippen LogP contribution >= 0.6 is 11.6 Å². The third-order valence-electron chi connectivity index (χ3n) is 2.53. The first-order valence-corrected chi connectivity index (χ1v) is 5.42. The molecule has 0 saturated carbocycles. The molecule has 0 aliphatic rings. The quantitative estimate of drug-likeness (QED) is 0.551. The van der Waals surface area contributed by atoms with E-state index < -0.39 is 0 Å². The van der Waals surface area contributed by atoms with Crippen LogP contribution in [0.4, 0.5) is 0 Å². The van der Waals surface area contributed by atoms with Crippen molar-refractivity contribution in [3.05, 3.63) is 48.0 Å². The van der Waals surface area contributed by atoms with E-state index in [1.54, 1.807) is 0 Å². The van der Waals surface area contributed by atoms with Gasteiger partial charge in [-0.15, -0.1) is 11.6 Å². The van der Waals surface area contributed by atoms with Crippen molar-refractivity contribution < 1.29 is 0 Å². The van der Waals surface area contributed by atoms with Crippen LogP contribution in [0.3, 0.4) is 0 Å². The van der Waals surface area contributed by atoms with Crippen molar-refractivity contribution in [1.82, 2.24) is 4.90 Å².